The Morgan fingerprint density at radius 3 is 2.63 bits per heavy atom. The smallest absolute Gasteiger partial charge is 0.305 e. The Hall–Kier alpha value is -1.91. The summed E-state index contributed by atoms with van der Waals surface area (Å²) in [7, 11) is 0. The van der Waals surface area contributed by atoms with Gasteiger partial charge in [-0.25, -0.2) is 0 Å². The highest BCUT2D eigenvalue weighted by Crippen LogP contribution is 2.59. The predicted molar refractivity (Wildman–Crippen MR) is 147 cm³/mol. The van der Waals surface area contributed by atoms with Gasteiger partial charge in [-0.1, -0.05) is 50.0 Å². The molecule has 6 nitrogen and oxygen atoms in total. The maximum absolute atomic E-state index is 10.8. The molecule has 0 spiro atoms. The van der Waals surface area contributed by atoms with Gasteiger partial charge in [0.25, 0.3) is 0 Å². The highest BCUT2D eigenvalue weighted by molar-refractivity contribution is 5.66. The topological polar surface area (TPSA) is 107 Å². The summed E-state index contributed by atoms with van der Waals surface area (Å²) in [5, 5.41) is 40.7. The van der Waals surface area contributed by atoms with E-state index in [1.165, 1.54) is 24.8 Å². The molecule has 0 bridgehead atoms. The Morgan fingerprint density at radius 2 is 1.92 bits per heavy atom. The molecule has 0 radical (unpaired) electrons. The minimum Gasteiger partial charge on any atom is -0.481 e. The molecule has 38 heavy (non-hydrogen) atoms. The number of aliphatic carboxylic acids is 1. The lowest BCUT2D eigenvalue weighted by atomic mass is 9.61. The van der Waals surface area contributed by atoms with Crippen molar-refractivity contribution in [2.45, 2.75) is 115 Å². The van der Waals surface area contributed by atoms with Crippen LogP contribution in [0.2, 0.25) is 0 Å². The molecule has 0 amide bonds. The normalized spacial score (nSPS) is 37.6. The quantitative estimate of drug-likeness (QED) is 0.351. The molecule has 0 unspecified atom stereocenters. The standard InChI is InChI=1S/C32H46O6/c1-21(8-6-18-32(37)16-4-5-17-32)25-12-13-26-23(9-7-15-31(25,26)3)10-11-24-20-27(33)30(29(36)22(24)2)38-19-14-28(34)35/h10-11,21,25-27,29-30,33,36-37H,2,4-5,7-9,12-17,19-20H2,1,3H3,(H,34,35)/b23-10+,24-11-/t21-,25-,26+,27-,29-,30+,31-/m1/s1. The number of rotatable bonds is 7. The number of hydrogen-bond donors (Lipinski definition) is 4. The van der Waals surface area contributed by atoms with Crippen LogP contribution in [-0.4, -0.2) is 56.9 Å². The van der Waals surface area contributed by atoms with E-state index in [4.69, 9.17) is 9.84 Å². The number of carboxylic acids is 1. The molecule has 7 atom stereocenters. The van der Waals surface area contributed by atoms with Crippen LogP contribution in [0.1, 0.15) is 90.9 Å². The fraction of sp³-hybridized carbons (Fsp3) is 0.719. The first-order valence-electron chi connectivity index (χ1n) is 14.5. The minimum absolute atomic E-state index is 0.0587. The molecule has 0 aliphatic heterocycles. The molecule has 4 saturated carbocycles. The van der Waals surface area contributed by atoms with Crippen molar-refractivity contribution in [3.63, 3.8) is 0 Å². The Morgan fingerprint density at radius 1 is 1.18 bits per heavy atom. The third-order valence-corrected chi connectivity index (χ3v) is 9.91. The van der Waals surface area contributed by atoms with E-state index in [0.29, 0.717) is 29.7 Å². The molecule has 6 heteroatoms. The number of ether oxygens (including phenoxy) is 1. The van der Waals surface area contributed by atoms with Gasteiger partial charge in [0.1, 0.15) is 17.8 Å². The van der Waals surface area contributed by atoms with E-state index in [-0.39, 0.29) is 18.4 Å². The fourth-order valence-corrected chi connectivity index (χ4v) is 7.76. The van der Waals surface area contributed by atoms with Crippen molar-refractivity contribution in [1.29, 1.82) is 0 Å². The molecular weight excluding hydrogens is 480 g/mol. The second-order valence-electron chi connectivity index (χ2n) is 12.5. The van der Waals surface area contributed by atoms with E-state index in [2.05, 4.69) is 38.3 Å². The molecule has 4 fully saturated rings. The number of carbonyl (C=O) groups is 1. The van der Waals surface area contributed by atoms with Crippen molar-refractivity contribution >= 4 is 5.97 Å². The summed E-state index contributed by atoms with van der Waals surface area (Å²) in [6, 6.07) is 0. The zero-order valence-corrected chi connectivity index (χ0v) is 23.1. The van der Waals surface area contributed by atoms with Gasteiger partial charge >= 0.3 is 5.97 Å². The number of aliphatic hydroxyl groups excluding tert-OH is 2. The highest BCUT2D eigenvalue weighted by Gasteiger charge is 2.50. The maximum Gasteiger partial charge on any atom is 0.305 e. The van der Waals surface area contributed by atoms with E-state index >= 15 is 0 Å². The molecule has 0 heterocycles. The number of aliphatic hydroxyl groups is 3. The van der Waals surface area contributed by atoms with Crippen molar-refractivity contribution in [2.75, 3.05) is 6.61 Å². The number of allylic oxidation sites excluding steroid dienone is 3. The molecule has 4 aliphatic rings. The molecule has 4 aliphatic carbocycles. The second kappa shape index (κ2) is 12.1. The summed E-state index contributed by atoms with van der Waals surface area (Å²) in [5.41, 5.74) is 2.28. The molecule has 0 aromatic rings. The minimum atomic E-state index is -1.06. The van der Waals surface area contributed by atoms with Crippen LogP contribution in [0, 0.1) is 35.0 Å². The molecule has 210 valence electrons. The zero-order valence-electron chi connectivity index (χ0n) is 23.1. The predicted octanol–water partition coefficient (Wildman–Crippen LogP) is 4.93. The van der Waals surface area contributed by atoms with Gasteiger partial charge in [-0.05, 0) is 92.1 Å². The molecule has 0 aromatic heterocycles. The van der Waals surface area contributed by atoms with Gasteiger partial charge < -0.3 is 25.2 Å². The third-order valence-electron chi connectivity index (χ3n) is 9.91. The van der Waals surface area contributed by atoms with E-state index in [1.807, 2.05) is 6.08 Å². The zero-order chi connectivity index (χ0) is 27.5. The molecule has 4 N–H and O–H groups in total. The lowest BCUT2D eigenvalue weighted by Crippen LogP contribution is -2.45. The lowest BCUT2D eigenvalue weighted by Gasteiger charge is -2.44. The van der Waals surface area contributed by atoms with E-state index in [0.717, 1.165) is 50.5 Å². The maximum atomic E-state index is 10.8. The van der Waals surface area contributed by atoms with Crippen LogP contribution in [0.5, 0.6) is 0 Å². The van der Waals surface area contributed by atoms with Crippen molar-refractivity contribution in [1.82, 2.24) is 0 Å². The average Bonchev–Trinajstić information content (AvgIpc) is 3.45. The first kappa shape index (κ1) is 29.1. The lowest BCUT2D eigenvalue weighted by molar-refractivity contribution is -0.141. The molecule has 4 rings (SSSR count). The van der Waals surface area contributed by atoms with E-state index in [1.54, 1.807) is 0 Å². The van der Waals surface area contributed by atoms with Crippen LogP contribution < -0.4 is 0 Å². The van der Waals surface area contributed by atoms with Gasteiger partial charge in [0.05, 0.1) is 19.1 Å². The Bertz CT molecular complexity index is 1010. The first-order chi connectivity index (χ1) is 18.0. The molecule has 0 saturated heterocycles. The van der Waals surface area contributed by atoms with Crippen molar-refractivity contribution in [3.8, 4) is 11.8 Å². The monoisotopic (exact) mass is 526 g/mol. The average molecular weight is 527 g/mol. The number of fused-ring (bicyclic) bond motifs is 1. The van der Waals surface area contributed by atoms with Gasteiger partial charge in [0, 0.05) is 12.8 Å². The summed E-state index contributed by atoms with van der Waals surface area (Å²) in [4.78, 5) is 10.8. The molecular formula is C32H46O6. The third kappa shape index (κ3) is 6.28. The van der Waals surface area contributed by atoms with Crippen molar-refractivity contribution in [2.24, 2.45) is 23.2 Å². The van der Waals surface area contributed by atoms with Gasteiger partial charge in [0.15, 0.2) is 0 Å². The summed E-state index contributed by atoms with van der Waals surface area (Å²) < 4.78 is 5.49. The van der Waals surface area contributed by atoms with E-state index in [9.17, 15) is 20.1 Å². The highest BCUT2D eigenvalue weighted by atomic mass is 16.5. The Labute approximate surface area is 227 Å². The van der Waals surface area contributed by atoms with Crippen molar-refractivity contribution in [3.05, 3.63) is 35.5 Å². The largest absolute Gasteiger partial charge is 0.481 e. The van der Waals surface area contributed by atoms with E-state index < -0.39 is 29.9 Å². The summed E-state index contributed by atoms with van der Waals surface area (Å²) >= 11 is 0. The van der Waals surface area contributed by atoms with Crippen LogP contribution in [0.3, 0.4) is 0 Å². The van der Waals surface area contributed by atoms with Crippen LogP contribution in [0.15, 0.2) is 35.5 Å². The summed E-state index contributed by atoms with van der Waals surface area (Å²) in [5.74, 6) is 7.18. The summed E-state index contributed by atoms with van der Waals surface area (Å²) in [6.45, 7) is 8.78. The summed E-state index contributed by atoms with van der Waals surface area (Å²) in [6.07, 6.45) is 11.9. The SMILES string of the molecule is C=C1/C(=C\C=C2/CCC[C@]3(C)[C@@H]([C@H](C)CC#CC4(O)CCCC4)CC[C@@H]23)C[C@@H](O)[C@H](OCCC(=O)O)[C@@H]1O. The van der Waals surface area contributed by atoms with Gasteiger partial charge in [-0.2, -0.15) is 0 Å². The number of carboxylic acid groups (broad SMARTS) is 1. The fourth-order valence-electron chi connectivity index (χ4n) is 7.76. The van der Waals surface area contributed by atoms with Gasteiger partial charge in [-0.15, -0.1) is 0 Å². The van der Waals surface area contributed by atoms with Crippen molar-refractivity contribution < 1.29 is 30.0 Å². The van der Waals surface area contributed by atoms with Gasteiger partial charge in [-0.3, -0.25) is 4.79 Å². The first-order valence-corrected chi connectivity index (χ1v) is 14.5. The van der Waals surface area contributed by atoms with Crippen LogP contribution in [-0.2, 0) is 9.53 Å². The Balaban J connectivity index is 1.41. The van der Waals surface area contributed by atoms with Crippen LogP contribution in [0.4, 0.5) is 0 Å². The van der Waals surface area contributed by atoms with Crippen LogP contribution >= 0.6 is 0 Å². The second-order valence-corrected chi connectivity index (χ2v) is 12.5. The Kier molecular flexibility index (Phi) is 9.25. The van der Waals surface area contributed by atoms with Gasteiger partial charge in [0.2, 0.25) is 0 Å². The number of hydrogen-bond acceptors (Lipinski definition) is 5. The van der Waals surface area contributed by atoms with Crippen LogP contribution in [0.25, 0.3) is 0 Å². The molecule has 0 aromatic carbocycles.